The molecular formula is C28H32N4O5. The zero-order chi connectivity index (χ0) is 25.8. The minimum absolute atomic E-state index is 0.206. The zero-order valence-corrected chi connectivity index (χ0v) is 21.4. The van der Waals surface area contributed by atoms with Crippen LogP contribution in [0.2, 0.25) is 0 Å². The van der Waals surface area contributed by atoms with E-state index in [1.54, 1.807) is 21.3 Å². The van der Waals surface area contributed by atoms with Crippen LogP contribution in [-0.4, -0.2) is 81.5 Å². The highest BCUT2D eigenvalue weighted by Gasteiger charge is 2.21. The first kappa shape index (κ1) is 24.9. The number of morpholine rings is 1. The molecule has 1 amide bonds. The molecule has 0 unspecified atom stereocenters. The number of benzene rings is 2. The number of hydrogen-bond donors (Lipinski definition) is 2. The number of nitrogens with zero attached hydrogens (tertiary/aromatic N) is 2. The number of aromatic amines is 1. The summed E-state index contributed by atoms with van der Waals surface area (Å²) in [5.41, 5.74) is 3.53. The van der Waals surface area contributed by atoms with Crippen LogP contribution >= 0.6 is 0 Å². The van der Waals surface area contributed by atoms with Crippen molar-refractivity contribution in [2.24, 2.45) is 0 Å². The third-order valence-corrected chi connectivity index (χ3v) is 6.71. The molecule has 2 aromatic heterocycles. The number of aromatic nitrogens is 2. The van der Waals surface area contributed by atoms with Crippen molar-refractivity contribution in [2.75, 3.05) is 60.7 Å². The Balaban J connectivity index is 1.51. The van der Waals surface area contributed by atoms with Crippen molar-refractivity contribution in [1.82, 2.24) is 20.2 Å². The van der Waals surface area contributed by atoms with Crippen molar-refractivity contribution in [3.05, 3.63) is 48.2 Å². The predicted molar refractivity (Wildman–Crippen MR) is 143 cm³/mol. The van der Waals surface area contributed by atoms with E-state index in [4.69, 9.17) is 23.9 Å². The van der Waals surface area contributed by atoms with Gasteiger partial charge in [0.1, 0.15) is 5.69 Å². The first-order chi connectivity index (χ1) is 18.1. The molecule has 0 bridgehead atoms. The number of H-pyrrole nitrogens is 1. The van der Waals surface area contributed by atoms with E-state index in [1.807, 2.05) is 42.5 Å². The maximum Gasteiger partial charge on any atom is 0.269 e. The standard InChI is InChI=1S/C28H32N4O5/c1-34-23-15-18(16-24(35-2)27(23)36-3)25-26-20(19-7-4-5-8-21(19)30-26)17-22(31-25)28(33)29-9-6-10-32-11-13-37-14-12-32/h4-5,7-8,15-17,30H,6,9-14H2,1-3H3,(H,29,33). The number of fused-ring (bicyclic) bond motifs is 3. The van der Waals surface area contributed by atoms with Gasteiger partial charge in [-0.25, -0.2) is 4.98 Å². The van der Waals surface area contributed by atoms with Gasteiger partial charge < -0.3 is 29.2 Å². The number of carbonyl (C=O) groups excluding carboxylic acids is 1. The molecule has 3 heterocycles. The van der Waals surface area contributed by atoms with Crippen LogP contribution in [0.5, 0.6) is 17.2 Å². The first-order valence-corrected chi connectivity index (χ1v) is 12.4. The number of ether oxygens (including phenoxy) is 4. The molecule has 2 aromatic carbocycles. The average Bonchev–Trinajstić information content (AvgIpc) is 3.33. The molecule has 5 rings (SSSR count). The van der Waals surface area contributed by atoms with E-state index in [9.17, 15) is 4.79 Å². The number of para-hydroxylation sites is 1. The van der Waals surface area contributed by atoms with E-state index >= 15 is 0 Å². The highest BCUT2D eigenvalue weighted by Crippen LogP contribution is 2.42. The molecule has 1 saturated heterocycles. The maximum atomic E-state index is 13.2. The third-order valence-electron chi connectivity index (χ3n) is 6.71. The van der Waals surface area contributed by atoms with Crippen molar-refractivity contribution >= 4 is 27.7 Å². The molecular weight excluding hydrogens is 472 g/mol. The molecule has 1 fully saturated rings. The quantitative estimate of drug-likeness (QED) is 0.334. The number of pyridine rings is 1. The van der Waals surface area contributed by atoms with Gasteiger partial charge in [-0.3, -0.25) is 9.69 Å². The Bertz CT molecular complexity index is 1390. The summed E-state index contributed by atoms with van der Waals surface area (Å²) >= 11 is 0. The van der Waals surface area contributed by atoms with E-state index in [1.165, 1.54) is 0 Å². The van der Waals surface area contributed by atoms with Gasteiger partial charge in [0.2, 0.25) is 5.75 Å². The lowest BCUT2D eigenvalue weighted by molar-refractivity contribution is 0.0374. The van der Waals surface area contributed by atoms with Crippen LogP contribution in [-0.2, 0) is 4.74 Å². The third kappa shape index (κ3) is 5.05. The Morgan fingerprint density at radius 2 is 1.76 bits per heavy atom. The minimum Gasteiger partial charge on any atom is -0.493 e. The van der Waals surface area contributed by atoms with Gasteiger partial charge in [0.25, 0.3) is 5.91 Å². The normalized spacial score (nSPS) is 14.1. The number of rotatable bonds is 9. The van der Waals surface area contributed by atoms with Crippen molar-refractivity contribution in [3.63, 3.8) is 0 Å². The van der Waals surface area contributed by atoms with Gasteiger partial charge in [0, 0.05) is 41.5 Å². The minimum atomic E-state index is -0.206. The van der Waals surface area contributed by atoms with Crippen molar-refractivity contribution in [2.45, 2.75) is 6.42 Å². The second kappa shape index (κ2) is 11.1. The fraction of sp³-hybridized carbons (Fsp3) is 0.357. The topological polar surface area (TPSA) is 97.9 Å². The fourth-order valence-corrected chi connectivity index (χ4v) is 4.81. The summed E-state index contributed by atoms with van der Waals surface area (Å²) in [6.07, 6.45) is 0.862. The molecule has 9 heteroatoms. The van der Waals surface area contributed by atoms with Crippen molar-refractivity contribution in [1.29, 1.82) is 0 Å². The molecule has 0 radical (unpaired) electrons. The van der Waals surface area contributed by atoms with Gasteiger partial charge in [-0.2, -0.15) is 0 Å². The number of methoxy groups -OCH3 is 3. The smallest absolute Gasteiger partial charge is 0.269 e. The fourth-order valence-electron chi connectivity index (χ4n) is 4.81. The largest absolute Gasteiger partial charge is 0.493 e. The zero-order valence-electron chi connectivity index (χ0n) is 21.4. The van der Waals surface area contributed by atoms with E-state index in [2.05, 4.69) is 15.2 Å². The van der Waals surface area contributed by atoms with Crippen LogP contribution in [0.4, 0.5) is 0 Å². The molecule has 1 aliphatic heterocycles. The Morgan fingerprint density at radius 1 is 1.03 bits per heavy atom. The highest BCUT2D eigenvalue weighted by atomic mass is 16.5. The van der Waals surface area contributed by atoms with Crippen LogP contribution < -0.4 is 19.5 Å². The van der Waals surface area contributed by atoms with Gasteiger partial charge in [0.05, 0.1) is 45.8 Å². The van der Waals surface area contributed by atoms with Gasteiger partial charge in [-0.15, -0.1) is 0 Å². The van der Waals surface area contributed by atoms with Gasteiger partial charge in [-0.05, 0) is 37.2 Å². The van der Waals surface area contributed by atoms with Crippen LogP contribution in [0.3, 0.4) is 0 Å². The molecule has 4 aromatic rings. The predicted octanol–water partition coefficient (Wildman–Crippen LogP) is 3.86. The first-order valence-electron chi connectivity index (χ1n) is 12.4. The Hall–Kier alpha value is -3.82. The van der Waals surface area contributed by atoms with Crippen LogP contribution in [0.25, 0.3) is 33.1 Å². The summed E-state index contributed by atoms with van der Waals surface area (Å²) < 4.78 is 22.0. The molecule has 0 atom stereocenters. The molecule has 37 heavy (non-hydrogen) atoms. The Labute approximate surface area is 215 Å². The summed E-state index contributed by atoms with van der Waals surface area (Å²) in [6.45, 7) is 4.91. The molecule has 0 aliphatic carbocycles. The Morgan fingerprint density at radius 3 is 2.46 bits per heavy atom. The number of nitrogens with one attached hydrogen (secondary N) is 2. The van der Waals surface area contributed by atoms with E-state index in [0.717, 1.165) is 66.6 Å². The van der Waals surface area contributed by atoms with Crippen LogP contribution in [0, 0.1) is 0 Å². The number of hydrogen-bond acceptors (Lipinski definition) is 7. The Kier molecular flexibility index (Phi) is 7.43. The maximum absolute atomic E-state index is 13.2. The summed E-state index contributed by atoms with van der Waals surface area (Å²) in [5.74, 6) is 1.32. The number of carbonyl (C=O) groups is 1. The second-order valence-electron chi connectivity index (χ2n) is 8.93. The van der Waals surface area contributed by atoms with E-state index < -0.39 is 0 Å². The van der Waals surface area contributed by atoms with Gasteiger partial charge in [0.15, 0.2) is 11.5 Å². The molecule has 194 valence electrons. The lowest BCUT2D eigenvalue weighted by Gasteiger charge is -2.26. The molecule has 0 spiro atoms. The highest BCUT2D eigenvalue weighted by molar-refractivity contribution is 6.13. The summed E-state index contributed by atoms with van der Waals surface area (Å²) in [4.78, 5) is 23.9. The monoisotopic (exact) mass is 504 g/mol. The summed E-state index contributed by atoms with van der Waals surface area (Å²) in [6, 6.07) is 13.6. The summed E-state index contributed by atoms with van der Waals surface area (Å²) in [7, 11) is 4.72. The lowest BCUT2D eigenvalue weighted by Crippen LogP contribution is -2.38. The SMILES string of the molecule is COc1cc(-c2nc(C(=O)NCCCN3CCOCC3)cc3c2[nH]c2ccccc23)cc(OC)c1OC. The van der Waals surface area contributed by atoms with E-state index in [0.29, 0.717) is 35.2 Å². The van der Waals surface area contributed by atoms with Crippen molar-refractivity contribution in [3.8, 4) is 28.5 Å². The summed E-state index contributed by atoms with van der Waals surface area (Å²) in [5, 5.41) is 4.99. The van der Waals surface area contributed by atoms with E-state index in [-0.39, 0.29) is 5.91 Å². The molecule has 1 aliphatic rings. The average molecular weight is 505 g/mol. The van der Waals surface area contributed by atoms with Crippen LogP contribution in [0.15, 0.2) is 42.5 Å². The second-order valence-corrected chi connectivity index (χ2v) is 8.93. The number of amides is 1. The van der Waals surface area contributed by atoms with Crippen molar-refractivity contribution < 1.29 is 23.7 Å². The molecule has 9 nitrogen and oxygen atoms in total. The molecule has 0 saturated carbocycles. The molecule has 2 N–H and O–H groups in total. The van der Waals surface area contributed by atoms with Gasteiger partial charge in [-0.1, -0.05) is 18.2 Å². The van der Waals surface area contributed by atoms with Gasteiger partial charge >= 0.3 is 0 Å². The lowest BCUT2D eigenvalue weighted by atomic mass is 10.0. The van der Waals surface area contributed by atoms with Crippen LogP contribution in [0.1, 0.15) is 16.9 Å².